The van der Waals surface area contributed by atoms with Gasteiger partial charge in [0.2, 0.25) is 5.91 Å². The molecule has 1 atom stereocenters. The van der Waals surface area contributed by atoms with E-state index in [1.54, 1.807) is 12.1 Å². The summed E-state index contributed by atoms with van der Waals surface area (Å²) in [5, 5.41) is 5.49. The molecule has 1 heterocycles. The van der Waals surface area contributed by atoms with Crippen LogP contribution in [0.4, 0.5) is 0 Å². The number of rotatable bonds is 9. The molecule has 1 aliphatic heterocycles. The molecule has 3 rings (SSSR count). The lowest BCUT2D eigenvalue weighted by molar-refractivity contribution is -0.127. The molecular formula is C24H31N3O3. The van der Waals surface area contributed by atoms with Crippen molar-refractivity contribution in [1.82, 2.24) is 15.5 Å². The van der Waals surface area contributed by atoms with Crippen LogP contribution in [0.25, 0.3) is 0 Å². The van der Waals surface area contributed by atoms with Crippen LogP contribution >= 0.6 is 0 Å². The zero-order valence-electron chi connectivity index (χ0n) is 17.6. The minimum Gasteiger partial charge on any atom is -0.484 e. The van der Waals surface area contributed by atoms with Crippen LogP contribution in [0, 0.1) is 0 Å². The van der Waals surface area contributed by atoms with Gasteiger partial charge < -0.3 is 15.4 Å². The molecule has 6 nitrogen and oxygen atoms in total. The van der Waals surface area contributed by atoms with E-state index >= 15 is 0 Å². The fourth-order valence-electron chi connectivity index (χ4n) is 3.65. The Morgan fingerprint density at radius 3 is 2.47 bits per heavy atom. The van der Waals surface area contributed by atoms with Crippen LogP contribution in [0.3, 0.4) is 0 Å². The maximum Gasteiger partial charge on any atom is 0.258 e. The number of carbonyl (C=O) groups excluding carboxylic acids is 2. The van der Waals surface area contributed by atoms with Gasteiger partial charge in [0.15, 0.2) is 6.61 Å². The predicted octanol–water partition coefficient (Wildman–Crippen LogP) is 2.87. The van der Waals surface area contributed by atoms with Gasteiger partial charge in [0.25, 0.3) is 5.91 Å². The molecule has 30 heavy (non-hydrogen) atoms. The van der Waals surface area contributed by atoms with Gasteiger partial charge in [0.1, 0.15) is 5.75 Å². The van der Waals surface area contributed by atoms with E-state index in [1.807, 2.05) is 30.3 Å². The molecule has 2 aromatic rings. The molecule has 0 spiro atoms. The highest BCUT2D eigenvalue weighted by Gasteiger charge is 2.19. The van der Waals surface area contributed by atoms with Crippen molar-refractivity contribution in [3.63, 3.8) is 0 Å². The second-order valence-electron chi connectivity index (χ2n) is 7.74. The van der Waals surface area contributed by atoms with Crippen LogP contribution in [0.5, 0.6) is 5.75 Å². The second-order valence-corrected chi connectivity index (χ2v) is 7.74. The maximum atomic E-state index is 12.2. The molecule has 0 saturated carbocycles. The van der Waals surface area contributed by atoms with Crippen LogP contribution in [0.2, 0.25) is 0 Å². The summed E-state index contributed by atoms with van der Waals surface area (Å²) in [5.41, 5.74) is 2.36. The SMILES string of the molecule is C[C@H]1CCCCN1Cc1ccccc1CNC(=O)CNC(=O)COc1ccccc1. The molecule has 6 heteroatoms. The Morgan fingerprint density at radius 1 is 0.967 bits per heavy atom. The molecule has 2 N–H and O–H groups in total. The average molecular weight is 410 g/mol. The summed E-state index contributed by atoms with van der Waals surface area (Å²) in [4.78, 5) is 26.6. The number of hydrogen-bond donors (Lipinski definition) is 2. The monoisotopic (exact) mass is 409 g/mol. The van der Waals surface area contributed by atoms with Crippen LogP contribution in [0.15, 0.2) is 54.6 Å². The number of amides is 2. The van der Waals surface area contributed by atoms with E-state index in [2.05, 4.69) is 34.6 Å². The smallest absolute Gasteiger partial charge is 0.258 e. The van der Waals surface area contributed by atoms with Crippen molar-refractivity contribution in [2.45, 2.75) is 45.3 Å². The lowest BCUT2D eigenvalue weighted by Crippen LogP contribution is -2.39. The van der Waals surface area contributed by atoms with Gasteiger partial charge in [-0.15, -0.1) is 0 Å². The largest absolute Gasteiger partial charge is 0.484 e. The zero-order chi connectivity index (χ0) is 21.2. The molecule has 1 fully saturated rings. The first-order valence-electron chi connectivity index (χ1n) is 10.6. The van der Waals surface area contributed by atoms with Crippen molar-refractivity contribution >= 4 is 11.8 Å². The molecule has 2 amide bonds. The molecule has 0 unspecified atom stereocenters. The van der Waals surface area contributed by atoms with E-state index in [0.29, 0.717) is 18.3 Å². The van der Waals surface area contributed by atoms with E-state index in [4.69, 9.17) is 4.74 Å². The van der Waals surface area contributed by atoms with Gasteiger partial charge in [0, 0.05) is 19.1 Å². The van der Waals surface area contributed by atoms with Gasteiger partial charge in [-0.3, -0.25) is 14.5 Å². The van der Waals surface area contributed by atoms with E-state index < -0.39 is 0 Å². The number of hydrogen-bond acceptors (Lipinski definition) is 4. The van der Waals surface area contributed by atoms with Gasteiger partial charge in [-0.05, 0) is 49.6 Å². The molecule has 0 aliphatic carbocycles. The summed E-state index contributed by atoms with van der Waals surface area (Å²) in [5.74, 6) is 0.0782. The topological polar surface area (TPSA) is 70.7 Å². The Bertz CT molecular complexity index is 825. The molecule has 0 aromatic heterocycles. The number of nitrogens with one attached hydrogen (secondary N) is 2. The van der Waals surface area contributed by atoms with E-state index in [0.717, 1.165) is 18.7 Å². The fourth-order valence-corrected chi connectivity index (χ4v) is 3.65. The predicted molar refractivity (Wildman–Crippen MR) is 117 cm³/mol. The first kappa shape index (κ1) is 21.8. The van der Waals surface area contributed by atoms with Crippen LogP contribution in [-0.4, -0.2) is 42.5 Å². The molecule has 1 aliphatic rings. The van der Waals surface area contributed by atoms with Crippen molar-refractivity contribution in [3.8, 4) is 5.75 Å². The number of carbonyl (C=O) groups is 2. The Hall–Kier alpha value is -2.86. The first-order valence-corrected chi connectivity index (χ1v) is 10.6. The third-order valence-electron chi connectivity index (χ3n) is 5.47. The second kappa shape index (κ2) is 11.4. The van der Waals surface area contributed by atoms with Crippen LogP contribution in [-0.2, 0) is 22.7 Å². The van der Waals surface area contributed by atoms with Crippen molar-refractivity contribution in [2.24, 2.45) is 0 Å². The molecule has 2 aromatic carbocycles. The van der Waals surface area contributed by atoms with Crippen molar-refractivity contribution in [3.05, 3.63) is 65.7 Å². The van der Waals surface area contributed by atoms with Crippen molar-refractivity contribution in [1.29, 1.82) is 0 Å². The van der Waals surface area contributed by atoms with Gasteiger partial charge in [0.05, 0.1) is 6.54 Å². The number of nitrogens with zero attached hydrogens (tertiary/aromatic N) is 1. The normalized spacial score (nSPS) is 16.6. The number of likely N-dealkylation sites (tertiary alicyclic amines) is 1. The summed E-state index contributed by atoms with van der Waals surface area (Å²) in [7, 11) is 0. The van der Waals surface area contributed by atoms with E-state index in [-0.39, 0.29) is 25.0 Å². The lowest BCUT2D eigenvalue weighted by atomic mass is 10.0. The number of piperidine rings is 1. The minimum atomic E-state index is -0.325. The van der Waals surface area contributed by atoms with Gasteiger partial charge in [-0.2, -0.15) is 0 Å². The van der Waals surface area contributed by atoms with Crippen molar-refractivity contribution < 1.29 is 14.3 Å². The van der Waals surface area contributed by atoms with E-state index in [1.165, 1.54) is 24.8 Å². The summed E-state index contributed by atoms with van der Waals surface area (Å²) in [6.45, 7) is 4.58. The zero-order valence-corrected chi connectivity index (χ0v) is 17.6. The summed E-state index contributed by atoms with van der Waals surface area (Å²) < 4.78 is 5.38. The number of ether oxygens (including phenoxy) is 1. The highest BCUT2D eigenvalue weighted by Crippen LogP contribution is 2.20. The van der Waals surface area contributed by atoms with E-state index in [9.17, 15) is 9.59 Å². The highest BCUT2D eigenvalue weighted by atomic mass is 16.5. The summed E-state index contributed by atoms with van der Waals surface area (Å²) >= 11 is 0. The van der Waals surface area contributed by atoms with Gasteiger partial charge in [-0.1, -0.05) is 48.9 Å². The Labute approximate surface area is 178 Å². The van der Waals surface area contributed by atoms with Crippen LogP contribution < -0.4 is 15.4 Å². The van der Waals surface area contributed by atoms with Crippen molar-refractivity contribution in [2.75, 3.05) is 19.7 Å². The number of para-hydroxylation sites is 1. The van der Waals surface area contributed by atoms with Gasteiger partial charge in [-0.25, -0.2) is 0 Å². The highest BCUT2D eigenvalue weighted by molar-refractivity contribution is 5.85. The minimum absolute atomic E-state index is 0.0672. The Kier molecular flexibility index (Phi) is 8.27. The molecule has 160 valence electrons. The Balaban J connectivity index is 1.41. The molecular weight excluding hydrogens is 378 g/mol. The molecule has 1 saturated heterocycles. The van der Waals surface area contributed by atoms with Gasteiger partial charge >= 0.3 is 0 Å². The summed E-state index contributed by atoms with van der Waals surface area (Å²) in [6, 6.07) is 17.9. The number of benzene rings is 2. The standard InChI is InChI=1S/C24H31N3O3/c1-19-9-7-8-14-27(19)17-21-11-6-5-10-20(21)15-25-23(28)16-26-24(29)18-30-22-12-3-2-4-13-22/h2-6,10-13,19H,7-9,14-18H2,1H3,(H,25,28)(H,26,29)/t19-/m0/s1. The van der Waals surface area contributed by atoms with Crippen LogP contribution in [0.1, 0.15) is 37.3 Å². The quantitative estimate of drug-likeness (QED) is 0.668. The fraction of sp³-hybridized carbons (Fsp3) is 0.417. The maximum absolute atomic E-state index is 12.2. The third kappa shape index (κ3) is 6.88. The first-order chi connectivity index (χ1) is 14.6. The third-order valence-corrected chi connectivity index (χ3v) is 5.47. The lowest BCUT2D eigenvalue weighted by Gasteiger charge is -2.33. The summed E-state index contributed by atoms with van der Waals surface area (Å²) in [6.07, 6.45) is 3.79. The Morgan fingerprint density at radius 2 is 1.70 bits per heavy atom. The molecule has 0 bridgehead atoms. The average Bonchev–Trinajstić information content (AvgIpc) is 2.78. The molecule has 0 radical (unpaired) electrons.